The number of rotatable bonds is 21. The van der Waals surface area contributed by atoms with Gasteiger partial charge in [-0.2, -0.15) is 0 Å². The lowest BCUT2D eigenvalue weighted by atomic mass is 10.0. The maximum absolute atomic E-state index is 13.3. The van der Waals surface area contributed by atoms with Crippen molar-refractivity contribution in [2.45, 2.75) is 89.3 Å². The Kier molecular flexibility index (Phi) is 19.7. The number of aliphatic hydroxyl groups excluding tert-OH is 1. The number of amides is 5. The van der Waals surface area contributed by atoms with Gasteiger partial charge < -0.3 is 50.2 Å². The number of carbonyl (C=O) groups excluding carboxylic acids is 8. The third kappa shape index (κ3) is 18.4. The highest BCUT2D eigenvalue weighted by Gasteiger charge is 2.30. The number of carbonyl (C=O) groups is 8. The quantitative estimate of drug-likeness (QED) is 0.0863. The minimum atomic E-state index is -1.39. The smallest absolute Gasteiger partial charge is 0.408 e. The van der Waals surface area contributed by atoms with Crippen molar-refractivity contribution in [3.8, 4) is 0 Å². The Labute approximate surface area is 331 Å². The molecule has 18 heteroatoms. The van der Waals surface area contributed by atoms with Crippen molar-refractivity contribution < 1.29 is 62.4 Å². The molecule has 0 saturated carbocycles. The molecule has 0 bridgehead atoms. The highest BCUT2D eigenvalue weighted by molar-refractivity contribution is 5.91. The van der Waals surface area contributed by atoms with Crippen LogP contribution in [0.25, 0.3) is 0 Å². The molecule has 2 rings (SSSR count). The molecule has 5 N–H and O–H groups in total. The number of hydrogen-bond donors (Lipinski definition) is 5. The van der Waals surface area contributed by atoms with Crippen LogP contribution in [-0.4, -0.2) is 122 Å². The fourth-order valence-corrected chi connectivity index (χ4v) is 5.14. The van der Waals surface area contributed by atoms with Crippen molar-refractivity contribution in [1.29, 1.82) is 0 Å². The summed E-state index contributed by atoms with van der Waals surface area (Å²) in [5.74, 6) is -5.46. The third-order valence-corrected chi connectivity index (χ3v) is 8.00. The maximum Gasteiger partial charge on any atom is 0.408 e. The first-order valence-electron chi connectivity index (χ1n) is 18.1. The lowest BCUT2D eigenvalue weighted by molar-refractivity contribution is -0.153. The number of aliphatic hydroxyl groups is 1. The van der Waals surface area contributed by atoms with Crippen LogP contribution in [-0.2, 0) is 65.5 Å². The second-order valence-corrected chi connectivity index (χ2v) is 13.9. The standard InChI is InChI=1S/C39H53N5O13/c1-39(2,3)57-38(53)43-29(19-25-13-9-7-10-14-25)35(50)40-27(23-45)20-31(46)41-28(36(51)54-5)17-18-33(48)44(4)22-32(47)42-30(37(52)55-6)21-34(49)56-24-26-15-11-8-12-16-26/h7-16,27-30,45H,17-24H2,1-6H3,(H,40,50)(H,41,46)(H,42,47)(H,43,53)/t27-,28-,29+,30-/m1/s1. The van der Waals surface area contributed by atoms with Crippen LogP contribution in [0.1, 0.15) is 57.6 Å². The van der Waals surface area contributed by atoms with Crippen molar-refractivity contribution in [1.82, 2.24) is 26.2 Å². The van der Waals surface area contributed by atoms with Gasteiger partial charge in [0.25, 0.3) is 0 Å². The van der Waals surface area contributed by atoms with E-state index in [4.69, 9.17) is 18.9 Å². The van der Waals surface area contributed by atoms with Gasteiger partial charge >= 0.3 is 24.0 Å². The Hall–Kier alpha value is -6.04. The zero-order valence-corrected chi connectivity index (χ0v) is 33.0. The number of hydrogen-bond acceptors (Lipinski definition) is 13. The molecule has 4 atom stereocenters. The number of methoxy groups -OCH3 is 2. The van der Waals surface area contributed by atoms with Crippen LogP contribution in [0.3, 0.4) is 0 Å². The second kappa shape index (κ2) is 23.8. The summed E-state index contributed by atoms with van der Waals surface area (Å²) in [5.41, 5.74) is 0.595. The van der Waals surface area contributed by atoms with Crippen LogP contribution in [0, 0.1) is 0 Å². The Balaban J connectivity index is 1.96. The summed E-state index contributed by atoms with van der Waals surface area (Å²) in [6.07, 6.45) is -2.39. The number of alkyl carbamates (subject to hydrolysis) is 1. The molecule has 0 aliphatic carbocycles. The molecule has 0 fully saturated rings. The van der Waals surface area contributed by atoms with Gasteiger partial charge in [0, 0.05) is 26.3 Å². The molecule has 0 aliphatic heterocycles. The van der Waals surface area contributed by atoms with Crippen molar-refractivity contribution in [2.24, 2.45) is 0 Å². The van der Waals surface area contributed by atoms with Crippen LogP contribution in [0.5, 0.6) is 0 Å². The molecule has 0 aliphatic rings. The van der Waals surface area contributed by atoms with Crippen LogP contribution in [0.4, 0.5) is 4.79 Å². The number of nitrogens with zero attached hydrogens (tertiary/aromatic N) is 1. The third-order valence-electron chi connectivity index (χ3n) is 8.00. The van der Waals surface area contributed by atoms with Crippen LogP contribution in [0.2, 0.25) is 0 Å². The number of esters is 3. The number of likely N-dealkylation sites (N-methyl/N-ethyl adjacent to an activating group) is 1. The minimum Gasteiger partial charge on any atom is -0.467 e. The van der Waals surface area contributed by atoms with E-state index in [0.29, 0.717) is 0 Å². The average molecular weight is 800 g/mol. The number of nitrogens with one attached hydrogen (secondary N) is 4. The molecule has 0 spiro atoms. The monoisotopic (exact) mass is 799 g/mol. The first-order valence-corrected chi connectivity index (χ1v) is 18.1. The fraction of sp³-hybridized carbons (Fsp3) is 0.487. The van der Waals surface area contributed by atoms with Gasteiger partial charge in [-0.25, -0.2) is 14.4 Å². The zero-order valence-electron chi connectivity index (χ0n) is 33.0. The summed E-state index contributed by atoms with van der Waals surface area (Å²) in [7, 11) is 3.46. The Morgan fingerprint density at radius 2 is 1.28 bits per heavy atom. The summed E-state index contributed by atoms with van der Waals surface area (Å²) in [5, 5.41) is 19.9. The zero-order chi connectivity index (χ0) is 42.5. The van der Waals surface area contributed by atoms with Gasteiger partial charge in [-0.3, -0.25) is 24.0 Å². The van der Waals surface area contributed by atoms with E-state index >= 15 is 0 Å². The van der Waals surface area contributed by atoms with Gasteiger partial charge in [0.05, 0.1) is 39.8 Å². The molecule has 0 radical (unpaired) electrons. The summed E-state index contributed by atoms with van der Waals surface area (Å²) < 4.78 is 20.0. The van der Waals surface area contributed by atoms with E-state index in [1.165, 1.54) is 7.05 Å². The van der Waals surface area contributed by atoms with Crippen molar-refractivity contribution in [3.05, 3.63) is 71.8 Å². The van der Waals surface area contributed by atoms with Gasteiger partial charge in [0.1, 0.15) is 30.3 Å². The molecule has 5 amide bonds. The normalized spacial score (nSPS) is 13.0. The molecule has 0 aromatic heterocycles. The lowest BCUT2D eigenvalue weighted by Gasteiger charge is -2.25. The Morgan fingerprint density at radius 3 is 1.84 bits per heavy atom. The van der Waals surface area contributed by atoms with Gasteiger partial charge in [-0.05, 0) is 38.3 Å². The van der Waals surface area contributed by atoms with E-state index in [-0.39, 0.29) is 25.9 Å². The molecule has 18 nitrogen and oxygen atoms in total. The van der Waals surface area contributed by atoms with Gasteiger partial charge in [0.15, 0.2) is 0 Å². The predicted molar refractivity (Wildman–Crippen MR) is 203 cm³/mol. The summed E-state index contributed by atoms with van der Waals surface area (Å²) >= 11 is 0. The number of benzene rings is 2. The molecule has 57 heavy (non-hydrogen) atoms. The molecule has 0 heterocycles. The van der Waals surface area contributed by atoms with E-state index in [9.17, 15) is 43.5 Å². The van der Waals surface area contributed by atoms with Crippen molar-refractivity contribution >= 4 is 47.6 Å². The van der Waals surface area contributed by atoms with Crippen LogP contribution >= 0.6 is 0 Å². The highest BCUT2D eigenvalue weighted by Crippen LogP contribution is 2.10. The van der Waals surface area contributed by atoms with E-state index in [0.717, 1.165) is 30.2 Å². The molecular formula is C39H53N5O13. The molecule has 0 unspecified atom stereocenters. The lowest BCUT2D eigenvalue weighted by Crippen LogP contribution is -2.53. The molecule has 0 saturated heterocycles. The highest BCUT2D eigenvalue weighted by atomic mass is 16.6. The Bertz CT molecular complexity index is 1670. The first-order chi connectivity index (χ1) is 26.9. The average Bonchev–Trinajstić information content (AvgIpc) is 3.16. The first kappa shape index (κ1) is 47.1. The van der Waals surface area contributed by atoms with Gasteiger partial charge in [0.2, 0.25) is 23.6 Å². The molecular weight excluding hydrogens is 746 g/mol. The van der Waals surface area contributed by atoms with E-state index in [2.05, 4.69) is 21.3 Å². The van der Waals surface area contributed by atoms with Crippen LogP contribution < -0.4 is 21.3 Å². The predicted octanol–water partition coefficient (Wildman–Crippen LogP) is 0.677. The summed E-state index contributed by atoms with van der Waals surface area (Å²) in [4.78, 5) is 103. The molecule has 2 aromatic rings. The molecule has 312 valence electrons. The maximum atomic E-state index is 13.3. The summed E-state index contributed by atoms with van der Waals surface area (Å²) in [6.45, 7) is 3.73. The van der Waals surface area contributed by atoms with Gasteiger partial charge in [-0.15, -0.1) is 0 Å². The fourth-order valence-electron chi connectivity index (χ4n) is 5.14. The van der Waals surface area contributed by atoms with Gasteiger partial charge in [-0.1, -0.05) is 60.7 Å². The largest absolute Gasteiger partial charge is 0.467 e. The molecule has 2 aromatic carbocycles. The van der Waals surface area contributed by atoms with Crippen molar-refractivity contribution in [3.63, 3.8) is 0 Å². The van der Waals surface area contributed by atoms with Crippen molar-refractivity contribution in [2.75, 3.05) is 34.4 Å². The van der Waals surface area contributed by atoms with E-state index in [1.807, 2.05) is 0 Å². The van der Waals surface area contributed by atoms with Crippen LogP contribution in [0.15, 0.2) is 60.7 Å². The summed E-state index contributed by atoms with van der Waals surface area (Å²) in [6, 6.07) is 12.7. The second-order valence-electron chi connectivity index (χ2n) is 13.9. The van der Waals surface area contributed by atoms with E-state index < -0.39 is 103 Å². The number of ether oxygens (including phenoxy) is 4. The SMILES string of the molecule is COC(=O)[C@@H](CCC(=O)N(C)CC(=O)N[C@H](CC(=O)OCc1ccccc1)C(=O)OC)NC(=O)C[C@H](CO)NC(=O)[C@H](Cc1ccccc1)NC(=O)OC(C)(C)C. The van der Waals surface area contributed by atoms with E-state index in [1.54, 1.807) is 81.4 Å². The topological polar surface area (TPSA) is 245 Å². The Morgan fingerprint density at radius 1 is 0.719 bits per heavy atom. The minimum absolute atomic E-state index is 0.0466.